The van der Waals surface area contributed by atoms with Crippen molar-refractivity contribution in [3.63, 3.8) is 0 Å². The summed E-state index contributed by atoms with van der Waals surface area (Å²) in [7, 11) is 0. The zero-order valence-electron chi connectivity index (χ0n) is 27.2. The van der Waals surface area contributed by atoms with Gasteiger partial charge >= 0.3 is 6.18 Å². The summed E-state index contributed by atoms with van der Waals surface area (Å²) in [5, 5.41) is 0.451. The average molecular weight is 656 g/mol. The molecule has 0 spiro atoms. The number of anilines is 1. The Hall–Kier alpha value is -4.96. The van der Waals surface area contributed by atoms with Crippen LogP contribution in [-0.2, 0) is 36.9 Å². The number of carbonyl (C=O) groups excluding carboxylic acids is 1. The van der Waals surface area contributed by atoms with Gasteiger partial charge in [-0.15, -0.1) is 0 Å². The molecule has 4 aromatic carbocycles. The first-order valence-corrected chi connectivity index (χ1v) is 16.1. The van der Waals surface area contributed by atoms with Crippen molar-refractivity contribution in [3.05, 3.63) is 130 Å². The summed E-state index contributed by atoms with van der Waals surface area (Å²) in [6.45, 7) is 7.39. The molecule has 1 aromatic heterocycles. The number of rotatable bonds is 13. The molecule has 0 aliphatic carbocycles. The SMILES string of the molecule is CCN(CC)CCN(Cc1ccc(-c2ccc(C(F)(F)F)cc2)cc1)C(=O)Cn1c(CCc2cccc(N)c2)nc(=O)c2ccccc21. The van der Waals surface area contributed by atoms with E-state index in [1.165, 1.54) is 12.1 Å². The van der Waals surface area contributed by atoms with E-state index in [0.29, 0.717) is 60.5 Å². The molecule has 0 atom stereocenters. The number of fused-ring (bicyclic) bond motifs is 1. The first-order valence-electron chi connectivity index (χ1n) is 16.1. The highest BCUT2D eigenvalue weighted by Gasteiger charge is 2.30. The summed E-state index contributed by atoms with van der Waals surface area (Å²) < 4.78 is 41.0. The van der Waals surface area contributed by atoms with E-state index in [1.54, 1.807) is 12.1 Å². The number of benzene rings is 4. The molecule has 1 heterocycles. The van der Waals surface area contributed by atoms with Crippen molar-refractivity contribution in [2.45, 2.75) is 46.0 Å². The Kier molecular flexibility index (Phi) is 11.0. The van der Waals surface area contributed by atoms with E-state index in [4.69, 9.17) is 5.73 Å². The van der Waals surface area contributed by atoms with Crippen molar-refractivity contribution >= 4 is 22.5 Å². The van der Waals surface area contributed by atoms with Crippen molar-refractivity contribution in [2.24, 2.45) is 0 Å². The number of halogens is 3. The number of alkyl halides is 3. The molecule has 0 saturated carbocycles. The Morgan fingerprint density at radius 1 is 0.812 bits per heavy atom. The molecule has 7 nitrogen and oxygen atoms in total. The summed E-state index contributed by atoms with van der Waals surface area (Å²) in [4.78, 5) is 35.7. The first-order chi connectivity index (χ1) is 23.0. The Balaban J connectivity index is 1.41. The van der Waals surface area contributed by atoms with E-state index in [1.807, 2.05) is 70.1 Å². The van der Waals surface area contributed by atoms with Crippen LogP contribution in [0, 0.1) is 0 Å². The van der Waals surface area contributed by atoms with Gasteiger partial charge < -0.3 is 20.1 Å². The van der Waals surface area contributed by atoms with Crippen molar-refractivity contribution < 1.29 is 18.0 Å². The van der Waals surface area contributed by atoms with E-state index in [0.717, 1.165) is 41.9 Å². The number of nitrogens with zero attached hydrogens (tertiary/aromatic N) is 4. The van der Waals surface area contributed by atoms with Crippen LogP contribution in [-0.4, -0.2) is 51.4 Å². The number of carbonyl (C=O) groups is 1. The van der Waals surface area contributed by atoms with E-state index >= 15 is 0 Å². The van der Waals surface area contributed by atoms with Crippen LogP contribution in [0.1, 0.15) is 36.4 Å². The lowest BCUT2D eigenvalue weighted by Crippen LogP contribution is -2.40. The Labute approximate surface area is 278 Å². The van der Waals surface area contributed by atoms with Crippen LogP contribution in [0.2, 0.25) is 0 Å². The lowest BCUT2D eigenvalue weighted by molar-refractivity contribution is -0.137. The molecule has 5 aromatic rings. The smallest absolute Gasteiger partial charge is 0.399 e. The number of hydrogen-bond acceptors (Lipinski definition) is 5. The van der Waals surface area contributed by atoms with Gasteiger partial charge in [0.25, 0.3) is 5.56 Å². The molecule has 0 aliphatic heterocycles. The fraction of sp³-hybridized carbons (Fsp3) is 0.289. The molecule has 250 valence electrons. The van der Waals surface area contributed by atoms with Gasteiger partial charge in [-0.3, -0.25) is 9.59 Å². The molecule has 0 unspecified atom stereocenters. The third kappa shape index (κ3) is 8.49. The van der Waals surface area contributed by atoms with Gasteiger partial charge in [-0.05, 0) is 78.2 Å². The molecule has 2 N–H and O–H groups in total. The third-order valence-electron chi connectivity index (χ3n) is 8.66. The number of likely N-dealkylation sites (N-methyl/N-ethyl adjacent to an activating group) is 1. The van der Waals surface area contributed by atoms with Crippen molar-refractivity contribution in [3.8, 4) is 11.1 Å². The van der Waals surface area contributed by atoms with E-state index < -0.39 is 11.7 Å². The van der Waals surface area contributed by atoms with Crippen molar-refractivity contribution in [1.29, 1.82) is 0 Å². The molecular weight excluding hydrogens is 615 g/mol. The van der Waals surface area contributed by atoms with Crippen LogP contribution in [0.25, 0.3) is 22.0 Å². The number of hydrogen-bond donors (Lipinski definition) is 1. The second-order valence-corrected chi connectivity index (χ2v) is 11.8. The van der Waals surface area contributed by atoms with Gasteiger partial charge in [-0.25, -0.2) is 0 Å². The van der Waals surface area contributed by atoms with Gasteiger partial charge in [-0.2, -0.15) is 18.2 Å². The predicted molar refractivity (Wildman–Crippen MR) is 184 cm³/mol. The van der Waals surface area contributed by atoms with E-state index in [9.17, 15) is 22.8 Å². The molecule has 0 fully saturated rings. The minimum Gasteiger partial charge on any atom is -0.399 e. The average Bonchev–Trinajstić information content (AvgIpc) is 3.08. The number of amides is 1. The van der Waals surface area contributed by atoms with Crippen LogP contribution in [0.4, 0.5) is 18.9 Å². The molecule has 0 aliphatic rings. The van der Waals surface area contributed by atoms with Gasteiger partial charge in [-0.1, -0.05) is 74.5 Å². The fourth-order valence-corrected chi connectivity index (χ4v) is 5.84. The monoisotopic (exact) mass is 655 g/mol. The molecule has 0 saturated heterocycles. The molecule has 5 rings (SSSR count). The second kappa shape index (κ2) is 15.3. The van der Waals surface area contributed by atoms with Gasteiger partial charge in [0, 0.05) is 31.7 Å². The maximum atomic E-state index is 14.2. The topological polar surface area (TPSA) is 84.5 Å². The van der Waals surface area contributed by atoms with Crippen LogP contribution in [0.3, 0.4) is 0 Å². The van der Waals surface area contributed by atoms with Gasteiger partial charge in [0.1, 0.15) is 12.4 Å². The Bertz CT molecular complexity index is 1900. The van der Waals surface area contributed by atoms with Crippen LogP contribution in [0.5, 0.6) is 0 Å². The van der Waals surface area contributed by atoms with E-state index in [2.05, 4.69) is 23.7 Å². The number of nitrogen functional groups attached to an aromatic ring is 1. The highest BCUT2D eigenvalue weighted by Crippen LogP contribution is 2.31. The first kappa shape index (κ1) is 34.4. The quantitative estimate of drug-likeness (QED) is 0.141. The normalized spacial score (nSPS) is 11.7. The van der Waals surface area contributed by atoms with Crippen LogP contribution in [0.15, 0.2) is 102 Å². The van der Waals surface area contributed by atoms with Gasteiger partial charge in [0.2, 0.25) is 5.91 Å². The maximum absolute atomic E-state index is 14.2. The minimum atomic E-state index is -4.39. The fourth-order valence-electron chi connectivity index (χ4n) is 5.84. The minimum absolute atomic E-state index is 0.00193. The summed E-state index contributed by atoms with van der Waals surface area (Å²) >= 11 is 0. The predicted octanol–water partition coefficient (Wildman–Crippen LogP) is 6.82. The third-order valence-corrected chi connectivity index (χ3v) is 8.66. The zero-order valence-corrected chi connectivity index (χ0v) is 27.2. The van der Waals surface area contributed by atoms with Crippen LogP contribution >= 0.6 is 0 Å². The molecular formula is C38H40F3N5O2. The summed E-state index contributed by atoms with van der Waals surface area (Å²) in [5.74, 6) is 0.411. The molecule has 48 heavy (non-hydrogen) atoms. The number of aromatic nitrogens is 2. The maximum Gasteiger partial charge on any atom is 0.416 e. The van der Waals surface area contributed by atoms with Gasteiger partial charge in [0.15, 0.2) is 0 Å². The molecule has 1 amide bonds. The highest BCUT2D eigenvalue weighted by molar-refractivity contribution is 5.82. The van der Waals surface area contributed by atoms with Gasteiger partial charge in [0.05, 0.1) is 16.5 Å². The summed E-state index contributed by atoms with van der Waals surface area (Å²) in [6, 6.07) is 27.4. The Morgan fingerprint density at radius 3 is 2.12 bits per heavy atom. The zero-order chi connectivity index (χ0) is 34.3. The second-order valence-electron chi connectivity index (χ2n) is 11.8. The molecule has 0 bridgehead atoms. The number of para-hydroxylation sites is 1. The lowest BCUT2D eigenvalue weighted by atomic mass is 10.0. The summed E-state index contributed by atoms with van der Waals surface area (Å²) in [5.41, 5.74) is 9.63. The van der Waals surface area contributed by atoms with Crippen LogP contribution < -0.4 is 11.3 Å². The van der Waals surface area contributed by atoms with Crippen molar-refractivity contribution in [1.82, 2.24) is 19.4 Å². The Morgan fingerprint density at radius 2 is 1.48 bits per heavy atom. The lowest BCUT2D eigenvalue weighted by Gasteiger charge is -2.28. The number of aryl methyl sites for hydroxylation is 2. The molecule has 10 heteroatoms. The number of nitrogens with two attached hydrogens (primary N) is 1. The highest BCUT2D eigenvalue weighted by atomic mass is 19.4. The largest absolute Gasteiger partial charge is 0.416 e. The van der Waals surface area contributed by atoms with E-state index in [-0.39, 0.29) is 18.0 Å². The standard InChI is InChI=1S/C38H40F3N5O2/c1-3-44(4-2)22-23-45(25-28-12-15-29(16-13-28)30-17-19-31(20-18-30)38(39,40)41)36(47)26-46-34-11-6-5-10-33(34)37(48)43-35(46)21-14-27-8-7-9-32(42)24-27/h5-13,15-20,24H,3-4,14,21-23,25-26,42H2,1-2H3. The van der Waals surface area contributed by atoms with Crippen molar-refractivity contribution in [2.75, 3.05) is 31.9 Å². The summed E-state index contributed by atoms with van der Waals surface area (Å²) in [6.07, 6.45) is -3.35. The molecule has 0 radical (unpaired) electrons.